The maximum atomic E-state index is 13.2. The molecule has 1 saturated heterocycles. The second kappa shape index (κ2) is 10.2. The van der Waals surface area contributed by atoms with Crippen LogP contribution in [0.2, 0.25) is 5.02 Å². The Balaban J connectivity index is 1.62. The predicted molar refractivity (Wildman–Crippen MR) is 121 cm³/mol. The molecular formula is C24H32ClN3O2. The van der Waals surface area contributed by atoms with E-state index >= 15 is 0 Å². The number of amides is 2. The van der Waals surface area contributed by atoms with Gasteiger partial charge in [0.05, 0.1) is 5.56 Å². The number of hydrogen-bond donors (Lipinski definition) is 1. The molecule has 1 N–H and O–H groups in total. The number of unbranched alkanes of at least 4 members (excludes halogenated alkanes) is 2. The SMILES string of the molecule is CCCCCNC(=O)C1CCN(C(=O)c2cc(C)n(-c3ccc(Cl)cc3)c2C)CC1. The smallest absolute Gasteiger partial charge is 0.255 e. The van der Waals surface area contributed by atoms with Crippen molar-refractivity contribution in [3.63, 3.8) is 0 Å². The highest BCUT2D eigenvalue weighted by Gasteiger charge is 2.29. The molecule has 0 bridgehead atoms. The molecule has 3 rings (SSSR count). The molecule has 0 spiro atoms. The van der Waals surface area contributed by atoms with Crippen molar-refractivity contribution in [1.29, 1.82) is 0 Å². The second-order valence-corrected chi connectivity index (χ2v) is 8.60. The van der Waals surface area contributed by atoms with Crippen molar-refractivity contribution in [2.24, 2.45) is 5.92 Å². The van der Waals surface area contributed by atoms with Crippen LogP contribution in [-0.4, -0.2) is 40.9 Å². The van der Waals surface area contributed by atoms with Gasteiger partial charge in [-0.1, -0.05) is 31.4 Å². The average Bonchev–Trinajstić information content (AvgIpc) is 3.05. The van der Waals surface area contributed by atoms with Crippen molar-refractivity contribution in [3.05, 3.63) is 52.3 Å². The first-order valence-corrected chi connectivity index (χ1v) is 11.3. The number of piperidine rings is 1. The summed E-state index contributed by atoms with van der Waals surface area (Å²) in [6.45, 7) is 8.13. The number of hydrogen-bond acceptors (Lipinski definition) is 2. The van der Waals surface area contributed by atoms with Crippen LogP contribution >= 0.6 is 11.6 Å². The van der Waals surface area contributed by atoms with E-state index in [4.69, 9.17) is 11.6 Å². The van der Waals surface area contributed by atoms with Crippen LogP contribution in [0.4, 0.5) is 0 Å². The van der Waals surface area contributed by atoms with Gasteiger partial charge in [-0.25, -0.2) is 0 Å². The van der Waals surface area contributed by atoms with Crippen molar-refractivity contribution in [2.75, 3.05) is 19.6 Å². The number of halogens is 1. The van der Waals surface area contributed by atoms with Gasteiger partial charge in [-0.15, -0.1) is 0 Å². The van der Waals surface area contributed by atoms with E-state index in [0.717, 1.165) is 61.3 Å². The molecule has 1 aliphatic rings. The lowest BCUT2D eigenvalue weighted by molar-refractivity contribution is -0.126. The highest BCUT2D eigenvalue weighted by Crippen LogP contribution is 2.25. The number of likely N-dealkylation sites (tertiary alicyclic amines) is 1. The van der Waals surface area contributed by atoms with Gasteiger partial charge in [0.2, 0.25) is 5.91 Å². The maximum Gasteiger partial charge on any atom is 0.255 e. The zero-order valence-electron chi connectivity index (χ0n) is 18.2. The van der Waals surface area contributed by atoms with Crippen molar-refractivity contribution in [2.45, 2.75) is 52.9 Å². The van der Waals surface area contributed by atoms with E-state index in [9.17, 15) is 9.59 Å². The van der Waals surface area contributed by atoms with Crippen LogP contribution in [0.1, 0.15) is 60.8 Å². The number of benzene rings is 1. The molecule has 162 valence electrons. The van der Waals surface area contributed by atoms with Gasteiger partial charge in [0, 0.05) is 47.7 Å². The zero-order chi connectivity index (χ0) is 21.7. The predicted octanol–water partition coefficient (Wildman–Crippen LogP) is 4.91. The Labute approximate surface area is 184 Å². The summed E-state index contributed by atoms with van der Waals surface area (Å²) in [6, 6.07) is 9.59. The molecule has 2 amide bonds. The lowest BCUT2D eigenvalue weighted by atomic mass is 9.95. The molecule has 1 aromatic carbocycles. The summed E-state index contributed by atoms with van der Waals surface area (Å²) in [6.07, 6.45) is 4.77. The molecule has 0 aliphatic carbocycles. The van der Waals surface area contributed by atoms with E-state index < -0.39 is 0 Å². The second-order valence-electron chi connectivity index (χ2n) is 8.16. The van der Waals surface area contributed by atoms with Gasteiger partial charge in [-0.2, -0.15) is 0 Å². The van der Waals surface area contributed by atoms with Crippen LogP contribution in [0, 0.1) is 19.8 Å². The highest BCUT2D eigenvalue weighted by atomic mass is 35.5. The summed E-state index contributed by atoms with van der Waals surface area (Å²) < 4.78 is 2.08. The summed E-state index contributed by atoms with van der Waals surface area (Å²) >= 11 is 6.01. The van der Waals surface area contributed by atoms with Crippen LogP contribution in [0.15, 0.2) is 30.3 Å². The first kappa shape index (κ1) is 22.4. The van der Waals surface area contributed by atoms with Gasteiger partial charge in [0.25, 0.3) is 5.91 Å². The maximum absolute atomic E-state index is 13.2. The minimum Gasteiger partial charge on any atom is -0.356 e. The number of aryl methyl sites for hydroxylation is 1. The highest BCUT2D eigenvalue weighted by molar-refractivity contribution is 6.30. The third-order valence-electron chi connectivity index (χ3n) is 5.98. The van der Waals surface area contributed by atoms with E-state index in [2.05, 4.69) is 16.8 Å². The number of carbonyl (C=O) groups excluding carboxylic acids is 2. The third kappa shape index (κ3) is 5.07. The van der Waals surface area contributed by atoms with E-state index in [-0.39, 0.29) is 17.7 Å². The molecule has 1 aliphatic heterocycles. The van der Waals surface area contributed by atoms with Crippen molar-refractivity contribution >= 4 is 23.4 Å². The Bertz CT molecular complexity index is 881. The third-order valence-corrected chi connectivity index (χ3v) is 6.23. The molecule has 0 unspecified atom stereocenters. The molecule has 6 heteroatoms. The van der Waals surface area contributed by atoms with Gasteiger partial charge in [-0.05, 0) is 63.4 Å². The Morgan fingerprint density at radius 3 is 2.40 bits per heavy atom. The van der Waals surface area contributed by atoms with Gasteiger partial charge in [-0.3, -0.25) is 9.59 Å². The van der Waals surface area contributed by atoms with Crippen molar-refractivity contribution in [3.8, 4) is 5.69 Å². The molecule has 0 atom stereocenters. The fraction of sp³-hybridized carbons (Fsp3) is 0.500. The van der Waals surface area contributed by atoms with Gasteiger partial charge < -0.3 is 14.8 Å². The topological polar surface area (TPSA) is 54.3 Å². The molecule has 30 heavy (non-hydrogen) atoms. The lowest BCUT2D eigenvalue weighted by Crippen LogP contribution is -2.43. The fourth-order valence-corrected chi connectivity index (χ4v) is 4.34. The summed E-state index contributed by atoms with van der Waals surface area (Å²) in [5.41, 5.74) is 3.66. The Morgan fingerprint density at radius 1 is 1.10 bits per heavy atom. The van der Waals surface area contributed by atoms with Crippen LogP contribution in [-0.2, 0) is 4.79 Å². The zero-order valence-corrected chi connectivity index (χ0v) is 19.0. The summed E-state index contributed by atoms with van der Waals surface area (Å²) in [5, 5.41) is 3.74. The molecule has 0 radical (unpaired) electrons. The summed E-state index contributed by atoms with van der Waals surface area (Å²) in [5.74, 6) is 0.196. The Morgan fingerprint density at radius 2 is 1.77 bits per heavy atom. The minimum atomic E-state index is 0.0113. The van der Waals surface area contributed by atoms with Gasteiger partial charge in [0.1, 0.15) is 0 Å². The number of carbonyl (C=O) groups is 2. The van der Waals surface area contributed by atoms with E-state index in [0.29, 0.717) is 18.1 Å². The van der Waals surface area contributed by atoms with Crippen LogP contribution in [0.25, 0.3) is 5.69 Å². The Kier molecular flexibility index (Phi) is 7.59. The molecule has 5 nitrogen and oxygen atoms in total. The molecule has 1 fully saturated rings. The average molecular weight is 430 g/mol. The Hall–Kier alpha value is -2.27. The fourth-order valence-electron chi connectivity index (χ4n) is 4.21. The first-order chi connectivity index (χ1) is 14.4. The normalized spacial score (nSPS) is 14.7. The number of aromatic nitrogens is 1. The van der Waals surface area contributed by atoms with E-state index in [1.54, 1.807) is 0 Å². The monoisotopic (exact) mass is 429 g/mol. The summed E-state index contributed by atoms with van der Waals surface area (Å²) in [7, 11) is 0. The van der Waals surface area contributed by atoms with E-state index in [1.807, 2.05) is 49.1 Å². The van der Waals surface area contributed by atoms with Crippen LogP contribution in [0.5, 0.6) is 0 Å². The van der Waals surface area contributed by atoms with Gasteiger partial charge in [0.15, 0.2) is 0 Å². The molecule has 2 heterocycles. The standard InChI is InChI=1S/C24H32ClN3O2/c1-4-5-6-13-26-23(29)19-11-14-27(15-12-19)24(30)22-16-17(2)28(18(22)3)21-9-7-20(25)8-10-21/h7-10,16,19H,4-6,11-15H2,1-3H3,(H,26,29). The molecular weight excluding hydrogens is 398 g/mol. The number of rotatable bonds is 7. The summed E-state index contributed by atoms with van der Waals surface area (Å²) in [4.78, 5) is 27.4. The molecule has 0 saturated carbocycles. The minimum absolute atomic E-state index is 0.0113. The quantitative estimate of drug-likeness (QED) is 0.636. The van der Waals surface area contributed by atoms with Crippen LogP contribution < -0.4 is 5.32 Å². The number of nitrogens with one attached hydrogen (secondary N) is 1. The molecule has 1 aromatic heterocycles. The van der Waals surface area contributed by atoms with E-state index in [1.165, 1.54) is 0 Å². The molecule has 2 aromatic rings. The van der Waals surface area contributed by atoms with Gasteiger partial charge >= 0.3 is 0 Å². The van der Waals surface area contributed by atoms with Crippen molar-refractivity contribution < 1.29 is 9.59 Å². The van der Waals surface area contributed by atoms with Crippen molar-refractivity contribution in [1.82, 2.24) is 14.8 Å². The van der Waals surface area contributed by atoms with Crippen LogP contribution in [0.3, 0.4) is 0 Å². The lowest BCUT2D eigenvalue weighted by Gasteiger charge is -2.31. The first-order valence-electron chi connectivity index (χ1n) is 10.9. The largest absolute Gasteiger partial charge is 0.356 e. The number of nitrogens with zero attached hydrogens (tertiary/aromatic N) is 2.